The lowest BCUT2D eigenvalue weighted by molar-refractivity contribution is -0.828. The summed E-state index contributed by atoms with van der Waals surface area (Å²) in [5, 5.41) is 23.5. The molecule has 148 valence electrons. The molecular formula is C12H18FN3O10. The third-order valence-electron chi connectivity index (χ3n) is 2.90. The Morgan fingerprint density at radius 1 is 0.885 bits per heavy atom. The van der Waals surface area contributed by atoms with Crippen molar-refractivity contribution in [3.05, 3.63) is 20.2 Å². The van der Waals surface area contributed by atoms with Crippen molar-refractivity contribution in [3.63, 3.8) is 0 Å². The van der Waals surface area contributed by atoms with Gasteiger partial charge >= 0.3 is 23.8 Å². The van der Waals surface area contributed by atoms with Crippen LogP contribution < -0.4 is 5.32 Å². The van der Waals surface area contributed by atoms with Crippen LogP contribution in [0.25, 0.3) is 0 Å². The Kier molecular flexibility index (Phi) is 8.48. The minimum atomic E-state index is -4.12. The van der Waals surface area contributed by atoms with Gasteiger partial charge in [-0.2, -0.15) is 0 Å². The standard InChI is InChI=1S/C12H18FN3O10/c1-8(17)24-5-11(6-25-9(2)18,7-26-10(3)19)14-4-12(13,15(20)21)16(22)23/h14H,4-7H2,1-3H3. The number of rotatable bonds is 11. The van der Waals surface area contributed by atoms with Crippen LogP contribution in [0.2, 0.25) is 0 Å². The van der Waals surface area contributed by atoms with Gasteiger partial charge in [0.15, 0.2) is 6.54 Å². The van der Waals surface area contributed by atoms with Gasteiger partial charge in [-0.1, -0.05) is 4.39 Å². The second kappa shape index (κ2) is 9.55. The Morgan fingerprint density at radius 2 is 1.19 bits per heavy atom. The minimum Gasteiger partial charge on any atom is -0.464 e. The van der Waals surface area contributed by atoms with Gasteiger partial charge in [0.25, 0.3) is 0 Å². The van der Waals surface area contributed by atoms with Gasteiger partial charge in [0, 0.05) is 20.8 Å². The first-order chi connectivity index (χ1) is 11.8. The molecule has 0 fully saturated rings. The molecule has 1 N–H and O–H groups in total. The predicted molar refractivity (Wildman–Crippen MR) is 78.5 cm³/mol. The SMILES string of the molecule is CC(=O)OCC(COC(C)=O)(COC(C)=O)NCC(F)([N+](=O)[O-])[N+](=O)[O-]. The van der Waals surface area contributed by atoms with E-state index in [2.05, 4.69) is 5.32 Å². The molecule has 0 bridgehead atoms. The van der Waals surface area contributed by atoms with E-state index in [1.165, 1.54) is 0 Å². The molecule has 0 aliphatic carbocycles. The van der Waals surface area contributed by atoms with E-state index in [9.17, 15) is 39.0 Å². The van der Waals surface area contributed by atoms with Gasteiger partial charge in [0.1, 0.15) is 35.2 Å². The molecule has 0 amide bonds. The van der Waals surface area contributed by atoms with E-state index in [0.29, 0.717) is 0 Å². The van der Waals surface area contributed by atoms with E-state index in [0.717, 1.165) is 20.8 Å². The van der Waals surface area contributed by atoms with E-state index in [1.54, 1.807) is 0 Å². The number of carbonyl (C=O) groups is 3. The Balaban J connectivity index is 5.60. The third kappa shape index (κ3) is 7.33. The summed E-state index contributed by atoms with van der Waals surface area (Å²) in [6.45, 7) is -0.518. The van der Waals surface area contributed by atoms with Gasteiger partial charge < -0.3 is 14.2 Å². The van der Waals surface area contributed by atoms with Crippen LogP contribution in [0.4, 0.5) is 4.39 Å². The van der Waals surface area contributed by atoms with Crippen molar-refractivity contribution in [3.8, 4) is 0 Å². The summed E-state index contributed by atoms with van der Waals surface area (Å²) in [5.74, 6) is -6.58. The number of esters is 3. The molecule has 0 unspecified atom stereocenters. The summed E-state index contributed by atoms with van der Waals surface area (Å²) in [5.41, 5.74) is -1.85. The first-order valence-corrected chi connectivity index (χ1v) is 6.98. The van der Waals surface area contributed by atoms with Gasteiger partial charge in [0.05, 0.1) is 0 Å². The number of ether oxygens (including phenoxy) is 3. The summed E-state index contributed by atoms with van der Waals surface area (Å²) in [4.78, 5) is 50.9. The van der Waals surface area contributed by atoms with Crippen LogP contribution in [0.15, 0.2) is 0 Å². The van der Waals surface area contributed by atoms with Crippen molar-refractivity contribution in [1.29, 1.82) is 0 Å². The van der Waals surface area contributed by atoms with Crippen LogP contribution in [-0.2, 0) is 28.6 Å². The smallest absolute Gasteiger partial charge is 0.464 e. The highest BCUT2D eigenvalue weighted by atomic mass is 19.2. The molecule has 0 heterocycles. The van der Waals surface area contributed by atoms with E-state index in [4.69, 9.17) is 14.2 Å². The van der Waals surface area contributed by atoms with Crippen molar-refractivity contribution in [2.45, 2.75) is 32.2 Å². The van der Waals surface area contributed by atoms with Gasteiger partial charge in [-0.15, -0.1) is 0 Å². The topological polar surface area (TPSA) is 177 Å². The predicted octanol–water partition coefficient (Wildman–Crippen LogP) is -0.819. The van der Waals surface area contributed by atoms with Crippen molar-refractivity contribution in [2.24, 2.45) is 0 Å². The van der Waals surface area contributed by atoms with Crippen LogP contribution in [-0.4, -0.2) is 65.6 Å². The van der Waals surface area contributed by atoms with Gasteiger partial charge in [0.2, 0.25) is 0 Å². The third-order valence-corrected chi connectivity index (χ3v) is 2.90. The lowest BCUT2D eigenvalue weighted by atomic mass is 10.0. The van der Waals surface area contributed by atoms with Gasteiger partial charge in [-0.25, -0.2) is 0 Å². The zero-order valence-electron chi connectivity index (χ0n) is 14.2. The van der Waals surface area contributed by atoms with E-state index >= 15 is 0 Å². The number of hydrogen-bond donors (Lipinski definition) is 1. The summed E-state index contributed by atoms with van der Waals surface area (Å²) in [6.07, 6.45) is 0. The molecule has 14 heteroatoms. The Morgan fingerprint density at radius 3 is 1.42 bits per heavy atom. The zero-order valence-corrected chi connectivity index (χ0v) is 14.2. The normalized spacial score (nSPS) is 11.4. The molecule has 0 spiro atoms. The molecule has 0 aliphatic rings. The molecule has 0 radical (unpaired) electrons. The average molecular weight is 383 g/mol. The zero-order chi connectivity index (χ0) is 20.5. The quantitative estimate of drug-likeness (QED) is 0.118. The summed E-state index contributed by atoms with van der Waals surface area (Å²) in [6, 6.07) is 0. The first-order valence-electron chi connectivity index (χ1n) is 6.98. The van der Waals surface area contributed by atoms with Crippen molar-refractivity contribution in [1.82, 2.24) is 5.32 Å². The van der Waals surface area contributed by atoms with Gasteiger partial charge in [-0.05, 0) is 0 Å². The van der Waals surface area contributed by atoms with Crippen molar-refractivity contribution < 1.29 is 42.8 Å². The van der Waals surface area contributed by atoms with E-state index < -0.39 is 65.6 Å². The van der Waals surface area contributed by atoms with Crippen LogP contribution in [0, 0.1) is 20.2 Å². The maximum atomic E-state index is 14.0. The van der Waals surface area contributed by atoms with Crippen LogP contribution in [0.1, 0.15) is 20.8 Å². The van der Waals surface area contributed by atoms with Crippen molar-refractivity contribution >= 4 is 17.9 Å². The maximum Gasteiger partial charge on any atom is 0.626 e. The molecule has 26 heavy (non-hydrogen) atoms. The number of hydrogen-bond acceptors (Lipinski definition) is 11. The van der Waals surface area contributed by atoms with Crippen LogP contribution in [0.3, 0.4) is 0 Å². The molecule has 0 aromatic carbocycles. The Bertz CT molecular complexity index is 522. The Labute approximate surface area is 146 Å². The fourth-order valence-corrected chi connectivity index (χ4v) is 1.49. The number of nitrogens with one attached hydrogen (secondary N) is 1. The van der Waals surface area contributed by atoms with Gasteiger partial charge in [-0.3, -0.25) is 39.9 Å². The molecule has 0 atom stereocenters. The molecule has 0 aliphatic heterocycles. The lowest BCUT2D eigenvalue weighted by Gasteiger charge is -2.32. The fourth-order valence-electron chi connectivity index (χ4n) is 1.49. The van der Waals surface area contributed by atoms with Crippen LogP contribution >= 0.6 is 0 Å². The highest BCUT2D eigenvalue weighted by molar-refractivity contribution is 5.67. The number of alkyl halides is 1. The minimum absolute atomic E-state index is 0.686. The largest absolute Gasteiger partial charge is 0.626 e. The lowest BCUT2D eigenvalue weighted by Crippen LogP contribution is -2.62. The Hall–Kier alpha value is -2.90. The molecule has 0 saturated heterocycles. The maximum absolute atomic E-state index is 14.0. The molecule has 0 aromatic heterocycles. The number of carbonyl (C=O) groups excluding carboxylic acids is 3. The first kappa shape index (κ1) is 23.1. The fraction of sp³-hybridized carbons (Fsp3) is 0.750. The molecular weight excluding hydrogens is 365 g/mol. The number of halogens is 1. The second-order valence-corrected chi connectivity index (χ2v) is 5.21. The second-order valence-electron chi connectivity index (χ2n) is 5.21. The molecule has 0 saturated carbocycles. The summed E-state index contributed by atoms with van der Waals surface area (Å²) >= 11 is 0. The van der Waals surface area contributed by atoms with Crippen LogP contribution in [0.5, 0.6) is 0 Å². The van der Waals surface area contributed by atoms with E-state index in [1.807, 2.05) is 0 Å². The number of nitrogens with zero attached hydrogens (tertiary/aromatic N) is 2. The highest BCUT2D eigenvalue weighted by Crippen LogP contribution is 2.16. The van der Waals surface area contributed by atoms with Crippen molar-refractivity contribution in [2.75, 3.05) is 26.4 Å². The number of nitro groups is 2. The highest BCUT2D eigenvalue weighted by Gasteiger charge is 2.59. The molecule has 13 nitrogen and oxygen atoms in total. The molecule has 0 aromatic rings. The average Bonchev–Trinajstić information content (AvgIpc) is 2.52. The van der Waals surface area contributed by atoms with E-state index in [-0.39, 0.29) is 0 Å². The summed E-state index contributed by atoms with van der Waals surface area (Å²) in [7, 11) is 0. The molecule has 0 rings (SSSR count). The summed E-state index contributed by atoms with van der Waals surface area (Å²) < 4.78 is 28.1. The monoisotopic (exact) mass is 383 g/mol.